The van der Waals surface area contributed by atoms with Gasteiger partial charge in [-0.2, -0.15) is 0 Å². The van der Waals surface area contributed by atoms with Crippen LogP contribution in [0.5, 0.6) is 0 Å². The number of nitrogens with one attached hydrogen (secondary N) is 1. The predicted molar refractivity (Wildman–Crippen MR) is 250 cm³/mol. The van der Waals surface area contributed by atoms with Gasteiger partial charge in [0.25, 0.3) is 0 Å². The van der Waals surface area contributed by atoms with Crippen molar-refractivity contribution >= 4 is 5.91 Å². The molecule has 0 saturated carbocycles. The number of amides is 1. The molecule has 3 heterocycles. The van der Waals surface area contributed by atoms with E-state index in [1.54, 1.807) is 0 Å². The number of hydrogen-bond acceptors (Lipinski definition) is 18. The van der Waals surface area contributed by atoms with Crippen LogP contribution < -0.4 is 5.32 Å². The highest BCUT2D eigenvalue weighted by molar-refractivity contribution is 5.76. The van der Waals surface area contributed by atoms with E-state index in [2.05, 4.69) is 19.2 Å². The monoisotopic (exact) mass is 984 g/mol. The zero-order valence-electron chi connectivity index (χ0n) is 41.1. The number of rotatable bonds is 37. The van der Waals surface area contributed by atoms with E-state index < -0.39 is 124 Å². The summed E-state index contributed by atoms with van der Waals surface area (Å²) in [5, 5.41) is 120. The van der Waals surface area contributed by atoms with Crippen molar-refractivity contribution in [3.8, 4) is 0 Å². The number of carbonyl (C=O) groups excluding carboxylic acids is 1. The Balaban J connectivity index is 1.55. The molecule has 3 aliphatic rings. The molecule has 17 unspecified atom stereocenters. The van der Waals surface area contributed by atoms with Gasteiger partial charge in [-0.25, -0.2) is 0 Å². The maximum absolute atomic E-state index is 13.2. The molecule has 68 heavy (non-hydrogen) atoms. The number of carbonyl (C=O) groups is 1. The molecule has 1 amide bonds. The van der Waals surface area contributed by atoms with Crippen molar-refractivity contribution in [3.05, 3.63) is 0 Å². The molecule has 0 aliphatic carbocycles. The lowest BCUT2D eigenvalue weighted by atomic mass is 9.96. The smallest absolute Gasteiger partial charge is 0.220 e. The van der Waals surface area contributed by atoms with Crippen molar-refractivity contribution in [2.75, 3.05) is 26.4 Å². The van der Waals surface area contributed by atoms with Gasteiger partial charge in [-0.1, -0.05) is 155 Å². The van der Waals surface area contributed by atoms with Crippen LogP contribution in [0.3, 0.4) is 0 Å². The van der Waals surface area contributed by atoms with E-state index in [0.29, 0.717) is 12.8 Å². The number of aliphatic hydroxyl groups excluding tert-OH is 11. The molecule has 3 rings (SSSR count). The van der Waals surface area contributed by atoms with Crippen LogP contribution in [0.15, 0.2) is 0 Å². The average Bonchev–Trinajstić information content (AvgIpc) is 3.33. The van der Waals surface area contributed by atoms with Crippen LogP contribution >= 0.6 is 0 Å². The van der Waals surface area contributed by atoms with E-state index in [-0.39, 0.29) is 18.9 Å². The molecule has 0 aromatic carbocycles. The molecule has 12 N–H and O–H groups in total. The summed E-state index contributed by atoms with van der Waals surface area (Å²) in [5.41, 5.74) is 0. The maximum Gasteiger partial charge on any atom is 0.220 e. The Kier molecular flexibility index (Phi) is 31.5. The largest absolute Gasteiger partial charge is 0.394 e. The van der Waals surface area contributed by atoms with Crippen molar-refractivity contribution in [1.29, 1.82) is 0 Å². The molecular formula is C49H93NO18. The number of ether oxygens (including phenoxy) is 6. The highest BCUT2D eigenvalue weighted by atomic mass is 16.8. The topological polar surface area (TPSA) is 307 Å². The van der Waals surface area contributed by atoms with Crippen molar-refractivity contribution in [1.82, 2.24) is 5.32 Å². The fraction of sp³-hybridized carbons (Fsp3) is 0.980. The molecule has 19 heteroatoms. The van der Waals surface area contributed by atoms with Crippen LogP contribution in [0.1, 0.15) is 174 Å². The van der Waals surface area contributed by atoms with Gasteiger partial charge in [0.2, 0.25) is 5.91 Å². The number of aliphatic hydroxyl groups is 11. The summed E-state index contributed by atoms with van der Waals surface area (Å²) in [7, 11) is 0. The third kappa shape index (κ3) is 20.7. The first kappa shape index (κ1) is 61.1. The molecule has 0 aromatic heterocycles. The minimum Gasteiger partial charge on any atom is -0.394 e. The molecule has 3 aliphatic heterocycles. The van der Waals surface area contributed by atoms with E-state index in [4.69, 9.17) is 28.4 Å². The lowest BCUT2D eigenvalue weighted by molar-refractivity contribution is -0.379. The molecule has 0 radical (unpaired) electrons. The Morgan fingerprint density at radius 2 is 0.838 bits per heavy atom. The van der Waals surface area contributed by atoms with E-state index in [0.717, 1.165) is 44.9 Å². The van der Waals surface area contributed by atoms with E-state index in [1.165, 1.54) is 96.3 Å². The predicted octanol–water partition coefficient (Wildman–Crippen LogP) is 2.09. The second-order valence-corrected chi connectivity index (χ2v) is 19.4. The van der Waals surface area contributed by atoms with Crippen LogP contribution in [0, 0.1) is 0 Å². The SMILES string of the molecule is CCCCCCCCCCCCCCCC(O)C(COC1OC(CO)C(OC2OC(CO)C(OC3OC(CO)C(O)C(O)C3O)C(O)C2O)C(O)C1O)NC(=O)CCCCCCCCCCCC. The molecule has 0 bridgehead atoms. The zero-order valence-corrected chi connectivity index (χ0v) is 41.1. The second-order valence-electron chi connectivity index (χ2n) is 19.4. The lowest BCUT2D eigenvalue weighted by Gasteiger charge is -2.48. The molecule has 402 valence electrons. The van der Waals surface area contributed by atoms with E-state index in [1.807, 2.05) is 0 Å². The van der Waals surface area contributed by atoms with Gasteiger partial charge in [0.15, 0.2) is 18.9 Å². The van der Waals surface area contributed by atoms with Gasteiger partial charge >= 0.3 is 0 Å². The van der Waals surface area contributed by atoms with Gasteiger partial charge in [0.1, 0.15) is 73.2 Å². The summed E-state index contributed by atoms with van der Waals surface area (Å²) in [6, 6.07) is -0.877. The first-order chi connectivity index (χ1) is 32.8. The van der Waals surface area contributed by atoms with Crippen molar-refractivity contribution in [2.24, 2.45) is 0 Å². The first-order valence-electron chi connectivity index (χ1n) is 26.3. The van der Waals surface area contributed by atoms with E-state index >= 15 is 0 Å². The Morgan fingerprint density at radius 1 is 0.471 bits per heavy atom. The summed E-state index contributed by atoms with van der Waals surface area (Å²) in [6.07, 6.45) is 0.722. The Morgan fingerprint density at radius 3 is 1.28 bits per heavy atom. The molecule has 17 atom stereocenters. The van der Waals surface area contributed by atoms with Crippen molar-refractivity contribution in [2.45, 2.75) is 279 Å². The number of unbranched alkanes of at least 4 members (excludes halogenated alkanes) is 21. The van der Waals surface area contributed by atoms with Gasteiger partial charge < -0.3 is 89.9 Å². The standard InChI is InChI=1S/C49H93NO18/c1-3-5-7-9-11-13-15-16-17-18-20-22-24-26-33(54)32(50-37(55)27-25-23-21-19-14-12-10-8-6-4-2)31-63-47-43(61)40(58)45(35(29-52)65-47)68-49-44(62)41(59)46(36(30-53)66-49)67-48-42(60)39(57)38(56)34(28-51)64-48/h32-36,38-49,51-54,56-62H,3-31H2,1-2H3,(H,50,55). The summed E-state index contributed by atoms with van der Waals surface area (Å²) in [5.74, 6) is -0.246. The van der Waals surface area contributed by atoms with Crippen LogP contribution in [-0.2, 0) is 33.2 Å². The van der Waals surface area contributed by atoms with E-state index in [9.17, 15) is 61.0 Å². The lowest BCUT2D eigenvalue weighted by Crippen LogP contribution is -2.66. The normalized spacial score (nSPS) is 33.1. The van der Waals surface area contributed by atoms with Crippen LogP contribution in [0.4, 0.5) is 0 Å². The fourth-order valence-corrected chi connectivity index (χ4v) is 9.25. The maximum atomic E-state index is 13.2. The summed E-state index contributed by atoms with van der Waals surface area (Å²) < 4.78 is 34.1. The van der Waals surface area contributed by atoms with Gasteiger partial charge in [-0.3, -0.25) is 4.79 Å². The van der Waals surface area contributed by atoms with Gasteiger partial charge in [0, 0.05) is 6.42 Å². The van der Waals surface area contributed by atoms with Crippen LogP contribution in [0.25, 0.3) is 0 Å². The quantitative estimate of drug-likeness (QED) is 0.0397. The summed E-state index contributed by atoms with van der Waals surface area (Å²) in [6.45, 7) is 1.74. The van der Waals surface area contributed by atoms with Crippen molar-refractivity contribution in [3.63, 3.8) is 0 Å². The Labute approximate surface area is 404 Å². The van der Waals surface area contributed by atoms with Crippen LogP contribution in [-0.4, -0.2) is 193 Å². The minimum absolute atomic E-state index is 0.246. The Hall–Kier alpha value is -1.21. The molecule has 3 fully saturated rings. The highest BCUT2D eigenvalue weighted by Crippen LogP contribution is 2.33. The molecule has 3 saturated heterocycles. The highest BCUT2D eigenvalue weighted by Gasteiger charge is 2.53. The first-order valence-corrected chi connectivity index (χ1v) is 26.3. The second kappa shape index (κ2) is 35.0. The summed E-state index contributed by atoms with van der Waals surface area (Å²) in [4.78, 5) is 13.2. The third-order valence-corrected chi connectivity index (χ3v) is 13.7. The van der Waals surface area contributed by atoms with Gasteiger partial charge in [-0.15, -0.1) is 0 Å². The zero-order chi connectivity index (χ0) is 49.8. The average molecular weight is 984 g/mol. The van der Waals surface area contributed by atoms with Crippen molar-refractivity contribution < 1.29 is 89.4 Å². The number of hydrogen-bond donors (Lipinski definition) is 12. The molecular weight excluding hydrogens is 891 g/mol. The van der Waals surface area contributed by atoms with Crippen LogP contribution in [0.2, 0.25) is 0 Å². The van der Waals surface area contributed by atoms with Gasteiger partial charge in [-0.05, 0) is 12.8 Å². The van der Waals surface area contributed by atoms with Gasteiger partial charge in [0.05, 0.1) is 38.6 Å². The fourth-order valence-electron chi connectivity index (χ4n) is 9.25. The minimum atomic E-state index is -1.97. The summed E-state index contributed by atoms with van der Waals surface area (Å²) >= 11 is 0. The molecule has 0 spiro atoms. The Bertz CT molecular complexity index is 1270. The molecule has 0 aromatic rings. The third-order valence-electron chi connectivity index (χ3n) is 13.7. The molecule has 19 nitrogen and oxygen atoms in total.